The van der Waals surface area contributed by atoms with Crippen LogP contribution in [0.4, 0.5) is 0 Å². The van der Waals surface area contributed by atoms with E-state index in [1.54, 1.807) is 14.2 Å². The van der Waals surface area contributed by atoms with Crippen LogP contribution in [0.15, 0.2) is 18.2 Å². The molecule has 0 amide bonds. The first-order chi connectivity index (χ1) is 11.5. The molecule has 0 aliphatic heterocycles. The number of benzene rings is 1. The molecular formula is C17H33BN2O4. The van der Waals surface area contributed by atoms with Gasteiger partial charge in [0.05, 0.1) is 14.2 Å². The van der Waals surface area contributed by atoms with Gasteiger partial charge in [-0.15, -0.1) is 0 Å². The summed E-state index contributed by atoms with van der Waals surface area (Å²) in [5, 5.41) is 16.5. The Morgan fingerprint density at radius 1 is 1.12 bits per heavy atom. The summed E-state index contributed by atoms with van der Waals surface area (Å²) in [6.07, 6.45) is 3.42. The molecule has 0 spiro atoms. The number of nitrogens with two attached hydrogens (primary N) is 1. The number of nitrogens with zero attached hydrogens (tertiary/aromatic N) is 1. The minimum absolute atomic E-state index is 0.510. The van der Waals surface area contributed by atoms with Crippen molar-refractivity contribution in [3.63, 3.8) is 0 Å². The molecule has 0 aliphatic rings. The molecule has 0 saturated carbocycles. The Morgan fingerprint density at radius 2 is 1.79 bits per heavy atom. The predicted octanol–water partition coefficient (Wildman–Crippen LogP) is 1.40. The van der Waals surface area contributed by atoms with Crippen molar-refractivity contribution in [1.82, 2.24) is 4.90 Å². The highest BCUT2D eigenvalue weighted by molar-refractivity contribution is 6.40. The zero-order valence-corrected chi connectivity index (χ0v) is 15.5. The highest BCUT2D eigenvalue weighted by Gasteiger charge is 2.05. The fraction of sp³-hybridized carbons (Fsp3) is 0.647. The van der Waals surface area contributed by atoms with E-state index in [0.29, 0.717) is 12.9 Å². The molecule has 0 radical (unpaired) electrons. The molecule has 0 aromatic heterocycles. The van der Waals surface area contributed by atoms with Crippen LogP contribution in [-0.2, 0) is 6.42 Å². The van der Waals surface area contributed by atoms with Gasteiger partial charge in [0.15, 0.2) is 11.5 Å². The number of hydrogen-bond donors (Lipinski definition) is 3. The Morgan fingerprint density at radius 3 is 2.25 bits per heavy atom. The molecule has 4 N–H and O–H groups in total. The molecule has 138 valence electrons. The van der Waals surface area contributed by atoms with Crippen molar-refractivity contribution >= 4 is 7.12 Å². The summed E-state index contributed by atoms with van der Waals surface area (Å²) >= 11 is 0. The third-order valence-corrected chi connectivity index (χ3v) is 3.56. The lowest BCUT2D eigenvalue weighted by molar-refractivity contribution is 0.344. The van der Waals surface area contributed by atoms with Crippen molar-refractivity contribution in [2.75, 3.05) is 40.9 Å². The van der Waals surface area contributed by atoms with E-state index in [0.717, 1.165) is 43.9 Å². The van der Waals surface area contributed by atoms with E-state index >= 15 is 0 Å². The van der Waals surface area contributed by atoms with Crippen molar-refractivity contribution in [1.29, 1.82) is 0 Å². The minimum atomic E-state index is -1.10. The normalized spacial score (nSPS) is 10.2. The molecular weight excluding hydrogens is 307 g/mol. The Balaban J connectivity index is 0.000000640. The molecule has 1 aromatic rings. The van der Waals surface area contributed by atoms with Crippen molar-refractivity contribution in [3.05, 3.63) is 23.8 Å². The lowest BCUT2D eigenvalue weighted by atomic mass is 9.84. The summed E-state index contributed by atoms with van der Waals surface area (Å²) in [4.78, 5) is 2.22. The number of ether oxygens (including phenoxy) is 2. The maximum atomic E-state index is 8.24. The lowest BCUT2D eigenvalue weighted by Gasteiger charge is -2.15. The van der Waals surface area contributed by atoms with Gasteiger partial charge in [-0.05, 0) is 37.5 Å². The molecule has 0 bridgehead atoms. The summed E-state index contributed by atoms with van der Waals surface area (Å²) in [5.74, 6) is 1.55. The molecule has 0 fully saturated rings. The minimum Gasteiger partial charge on any atom is -0.493 e. The molecule has 0 aliphatic carbocycles. The second-order valence-electron chi connectivity index (χ2n) is 5.65. The van der Waals surface area contributed by atoms with E-state index in [4.69, 9.17) is 25.3 Å². The molecule has 1 rings (SSSR count). The van der Waals surface area contributed by atoms with Crippen LogP contribution < -0.4 is 15.2 Å². The van der Waals surface area contributed by atoms with Gasteiger partial charge < -0.3 is 30.2 Å². The van der Waals surface area contributed by atoms with E-state index in [1.165, 1.54) is 5.56 Å². The van der Waals surface area contributed by atoms with Crippen LogP contribution in [0, 0.1) is 0 Å². The number of likely N-dealkylation sites (N-methyl/N-ethyl adjacent to an activating group) is 1. The largest absolute Gasteiger partial charge is 0.493 e. The summed E-state index contributed by atoms with van der Waals surface area (Å²) in [5.41, 5.74) is 6.75. The van der Waals surface area contributed by atoms with Gasteiger partial charge in [-0.2, -0.15) is 0 Å². The van der Waals surface area contributed by atoms with E-state index in [-0.39, 0.29) is 0 Å². The quantitative estimate of drug-likeness (QED) is 0.558. The zero-order chi connectivity index (χ0) is 18.4. The summed E-state index contributed by atoms with van der Waals surface area (Å²) in [6.45, 7) is 4.63. The molecule has 7 heteroatoms. The van der Waals surface area contributed by atoms with Gasteiger partial charge in [0.2, 0.25) is 0 Å². The van der Waals surface area contributed by atoms with Crippen molar-refractivity contribution in [3.8, 4) is 11.5 Å². The Hall–Kier alpha value is -1.28. The standard InChI is InChI=1S/C13H22N2O2.C4H11BO2/c1-15(9-7-14)8-6-11-4-5-12(16-2)13(10-11)17-3;1-2-3-4-5(6)7/h4-5,10H,6-9,14H2,1-3H3;6-7H,2-4H2,1H3. The first-order valence-corrected chi connectivity index (χ1v) is 8.44. The van der Waals surface area contributed by atoms with Crippen LogP contribution in [0.3, 0.4) is 0 Å². The van der Waals surface area contributed by atoms with E-state index in [2.05, 4.69) is 18.0 Å². The van der Waals surface area contributed by atoms with Crippen LogP contribution in [0.25, 0.3) is 0 Å². The van der Waals surface area contributed by atoms with Gasteiger partial charge in [0.1, 0.15) is 0 Å². The molecule has 6 nitrogen and oxygen atoms in total. The van der Waals surface area contributed by atoms with E-state index < -0.39 is 7.12 Å². The first-order valence-electron chi connectivity index (χ1n) is 8.44. The Bertz CT molecular complexity index is 433. The number of unbranched alkanes of at least 4 members (excludes halogenated alkanes) is 1. The van der Waals surface area contributed by atoms with Crippen LogP contribution >= 0.6 is 0 Å². The molecule has 24 heavy (non-hydrogen) atoms. The van der Waals surface area contributed by atoms with Gasteiger partial charge in [-0.1, -0.05) is 25.8 Å². The number of methoxy groups -OCH3 is 2. The number of rotatable bonds is 10. The third kappa shape index (κ3) is 10.5. The SMILES string of the molecule is CCCCB(O)O.COc1ccc(CCN(C)CCN)cc1OC. The summed E-state index contributed by atoms with van der Waals surface area (Å²) in [7, 11) is 4.28. The van der Waals surface area contributed by atoms with Crippen molar-refractivity contribution < 1.29 is 19.5 Å². The van der Waals surface area contributed by atoms with E-state index in [9.17, 15) is 0 Å². The maximum Gasteiger partial charge on any atom is 0.451 e. The zero-order valence-electron chi connectivity index (χ0n) is 15.5. The highest BCUT2D eigenvalue weighted by atomic mass is 16.5. The molecule has 0 atom stereocenters. The topological polar surface area (TPSA) is 88.2 Å². The first kappa shape index (κ1) is 22.7. The third-order valence-electron chi connectivity index (χ3n) is 3.56. The molecule has 0 heterocycles. The smallest absolute Gasteiger partial charge is 0.451 e. The van der Waals surface area contributed by atoms with Crippen LogP contribution in [0.1, 0.15) is 25.3 Å². The van der Waals surface area contributed by atoms with Gasteiger partial charge in [0, 0.05) is 19.6 Å². The van der Waals surface area contributed by atoms with Gasteiger partial charge in [-0.25, -0.2) is 0 Å². The average molecular weight is 340 g/mol. The maximum absolute atomic E-state index is 8.24. The fourth-order valence-corrected chi connectivity index (χ4v) is 2.07. The molecule has 0 unspecified atom stereocenters. The van der Waals surface area contributed by atoms with Gasteiger partial charge >= 0.3 is 7.12 Å². The number of hydrogen-bond acceptors (Lipinski definition) is 6. The molecule has 0 saturated heterocycles. The second-order valence-corrected chi connectivity index (χ2v) is 5.65. The monoisotopic (exact) mass is 340 g/mol. The van der Waals surface area contributed by atoms with Gasteiger partial charge in [0.25, 0.3) is 0 Å². The van der Waals surface area contributed by atoms with Crippen LogP contribution in [-0.4, -0.2) is 63.0 Å². The van der Waals surface area contributed by atoms with Gasteiger partial charge in [-0.3, -0.25) is 0 Å². The predicted molar refractivity (Wildman–Crippen MR) is 99.7 cm³/mol. The summed E-state index contributed by atoms with van der Waals surface area (Å²) < 4.78 is 10.5. The van der Waals surface area contributed by atoms with Crippen LogP contribution in [0.5, 0.6) is 11.5 Å². The Labute approximate surface area is 146 Å². The van der Waals surface area contributed by atoms with Crippen molar-refractivity contribution in [2.24, 2.45) is 5.73 Å². The fourth-order valence-electron chi connectivity index (χ4n) is 2.07. The second kappa shape index (κ2) is 14.1. The Kier molecular flexibility index (Phi) is 13.4. The average Bonchev–Trinajstić information content (AvgIpc) is 2.58. The lowest BCUT2D eigenvalue weighted by Crippen LogP contribution is -2.27. The highest BCUT2D eigenvalue weighted by Crippen LogP contribution is 2.27. The van der Waals surface area contributed by atoms with Crippen molar-refractivity contribution in [2.45, 2.75) is 32.5 Å². The molecule has 1 aromatic carbocycles. The summed E-state index contributed by atoms with van der Waals surface area (Å²) in [6, 6.07) is 6.03. The van der Waals surface area contributed by atoms with Crippen LogP contribution in [0.2, 0.25) is 6.32 Å². The van der Waals surface area contributed by atoms with E-state index in [1.807, 2.05) is 19.1 Å².